The van der Waals surface area contributed by atoms with E-state index in [2.05, 4.69) is 25.5 Å². The molecule has 0 saturated heterocycles. The smallest absolute Gasteiger partial charge is 0.211 e. The predicted octanol–water partition coefficient (Wildman–Crippen LogP) is 4.34. The number of fused-ring (bicyclic) bond motifs is 3. The van der Waals surface area contributed by atoms with E-state index in [4.69, 9.17) is 0 Å². The SMILES string of the molecule is CCC[C@H](C)[C@@H]1C2(O)CCC[C@H](C)[C@]1(CCCNS(=O)(=O)CC(C)C)C2. The van der Waals surface area contributed by atoms with Crippen molar-refractivity contribution < 1.29 is 13.5 Å². The van der Waals surface area contributed by atoms with E-state index in [0.717, 1.165) is 38.5 Å². The fourth-order valence-electron chi connectivity index (χ4n) is 6.27. The summed E-state index contributed by atoms with van der Waals surface area (Å²) in [5.41, 5.74) is -0.278. The van der Waals surface area contributed by atoms with Gasteiger partial charge in [0.05, 0.1) is 11.4 Å². The molecule has 3 rings (SSSR count). The summed E-state index contributed by atoms with van der Waals surface area (Å²) in [7, 11) is -3.16. The van der Waals surface area contributed by atoms with E-state index < -0.39 is 15.6 Å². The Labute approximate surface area is 161 Å². The average Bonchev–Trinajstić information content (AvgIpc) is 2.67. The molecule has 3 aliphatic rings. The summed E-state index contributed by atoms with van der Waals surface area (Å²) in [5.74, 6) is 1.87. The van der Waals surface area contributed by atoms with Crippen molar-refractivity contribution in [1.29, 1.82) is 0 Å². The normalized spacial score (nSPS) is 35.8. The van der Waals surface area contributed by atoms with Crippen LogP contribution in [0.4, 0.5) is 0 Å². The van der Waals surface area contributed by atoms with Gasteiger partial charge in [-0.3, -0.25) is 0 Å². The molecule has 4 nitrogen and oxygen atoms in total. The van der Waals surface area contributed by atoms with Gasteiger partial charge >= 0.3 is 0 Å². The molecule has 0 heterocycles. The maximum atomic E-state index is 12.1. The van der Waals surface area contributed by atoms with Crippen LogP contribution < -0.4 is 4.72 Å². The van der Waals surface area contributed by atoms with Gasteiger partial charge in [-0.1, -0.05) is 60.3 Å². The maximum absolute atomic E-state index is 12.1. The maximum Gasteiger partial charge on any atom is 0.211 e. The van der Waals surface area contributed by atoms with E-state index >= 15 is 0 Å². The largest absolute Gasteiger partial charge is 0.390 e. The Morgan fingerprint density at radius 2 is 1.96 bits per heavy atom. The molecule has 2 bridgehead atoms. The Morgan fingerprint density at radius 3 is 2.58 bits per heavy atom. The Morgan fingerprint density at radius 1 is 1.27 bits per heavy atom. The van der Waals surface area contributed by atoms with Crippen LogP contribution >= 0.6 is 0 Å². The molecular weight excluding hydrogens is 346 g/mol. The molecular formula is C21H41NO3S. The van der Waals surface area contributed by atoms with Crippen molar-refractivity contribution in [3.8, 4) is 0 Å². The molecule has 0 spiro atoms. The Bertz CT molecular complexity index is 562. The van der Waals surface area contributed by atoms with Crippen LogP contribution in [0.3, 0.4) is 0 Å². The first-order chi connectivity index (χ1) is 12.1. The predicted molar refractivity (Wildman–Crippen MR) is 108 cm³/mol. The molecule has 5 heteroatoms. The van der Waals surface area contributed by atoms with Crippen LogP contribution in [0.15, 0.2) is 0 Å². The Hall–Kier alpha value is -0.130. The number of hydrogen-bond donors (Lipinski definition) is 2. The van der Waals surface area contributed by atoms with Gasteiger partial charge < -0.3 is 5.11 Å². The number of rotatable bonds is 10. The molecule has 0 radical (unpaired) electrons. The van der Waals surface area contributed by atoms with Crippen LogP contribution in [0, 0.1) is 29.1 Å². The molecule has 0 aromatic carbocycles. The second-order valence-electron chi connectivity index (χ2n) is 9.72. The molecule has 5 atom stereocenters. The van der Waals surface area contributed by atoms with Crippen molar-refractivity contribution in [3.05, 3.63) is 0 Å². The first-order valence-corrected chi connectivity index (χ1v) is 12.4. The van der Waals surface area contributed by atoms with Crippen molar-refractivity contribution in [2.24, 2.45) is 29.1 Å². The molecule has 3 fully saturated rings. The fourth-order valence-corrected chi connectivity index (χ4v) is 7.72. The third-order valence-electron chi connectivity index (χ3n) is 7.07. The highest BCUT2D eigenvalue weighted by Crippen LogP contribution is 2.67. The molecule has 3 aliphatic carbocycles. The monoisotopic (exact) mass is 387 g/mol. The van der Waals surface area contributed by atoms with E-state index in [9.17, 15) is 13.5 Å². The van der Waals surface area contributed by atoms with Crippen LogP contribution in [0.5, 0.6) is 0 Å². The lowest BCUT2D eigenvalue weighted by molar-refractivity contribution is -0.230. The van der Waals surface area contributed by atoms with Gasteiger partial charge in [0.25, 0.3) is 0 Å². The second kappa shape index (κ2) is 8.48. The molecule has 0 amide bonds. The summed E-state index contributed by atoms with van der Waals surface area (Å²) >= 11 is 0. The Balaban J connectivity index is 2.02. The van der Waals surface area contributed by atoms with Crippen LogP contribution in [0.1, 0.15) is 86.0 Å². The van der Waals surface area contributed by atoms with Gasteiger partial charge in [-0.25, -0.2) is 13.1 Å². The summed E-state index contributed by atoms with van der Waals surface area (Å²) < 4.78 is 26.9. The van der Waals surface area contributed by atoms with Crippen LogP contribution in [-0.2, 0) is 10.0 Å². The lowest BCUT2D eigenvalue weighted by atomic mass is 9.43. The average molecular weight is 388 g/mol. The first kappa shape index (κ1) is 22.2. The van der Waals surface area contributed by atoms with E-state index in [0.29, 0.717) is 24.3 Å². The fraction of sp³-hybridized carbons (Fsp3) is 1.00. The summed E-state index contributed by atoms with van der Waals surface area (Å²) in [6, 6.07) is 0. The topological polar surface area (TPSA) is 66.4 Å². The van der Waals surface area contributed by atoms with Gasteiger partial charge in [-0.05, 0) is 54.8 Å². The van der Waals surface area contributed by atoms with Gasteiger partial charge in [-0.2, -0.15) is 0 Å². The standard InChI is InChI=1S/C21H41NO3S/c1-6-9-17(4)19-20(15-21(19,23)12-7-10-18(20)5)11-8-13-22-26(24,25)14-16(2)3/h16-19,22-23H,6-15H2,1-5H3/t17-,18-,19-,20-,21?/m0/s1. The lowest BCUT2D eigenvalue weighted by Gasteiger charge is -2.64. The zero-order chi connectivity index (χ0) is 19.6. The van der Waals surface area contributed by atoms with Crippen molar-refractivity contribution in [1.82, 2.24) is 4.72 Å². The van der Waals surface area contributed by atoms with Crippen molar-refractivity contribution in [3.63, 3.8) is 0 Å². The van der Waals surface area contributed by atoms with E-state index in [-0.39, 0.29) is 17.1 Å². The molecule has 154 valence electrons. The molecule has 1 unspecified atom stereocenters. The number of sulfonamides is 1. The van der Waals surface area contributed by atoms with E-state index in [1.165, 1.54) is 12.8 Å². The molecule has 0 aromatic rings. The van der Waals surface area contributed by atoms with E-state index in [1.54, 1.807) is 0 Å². The summed E-state index contributed by atoms with van der Waals surface area (Å²) in [6.07, 6.45) is 8.39. The van der Waals surface area contributed by atoms with Crippen molar-refractivity contribution in [2.45, 2.75) is 91.6 Å². The van der Waals surface area contributed by atoms with Gasteiger partial charge in [0.15, 0.2) is 0 Å². The van der Waals surface area contributed by atoms with E-state index in [1.807, 2.05) is 13.8 Å². The second-order valence-corrected chi connectivity index (χ2v) is 11.6. The Kier molecular flexibility index (Phi) is 7.23. The third-order valence-corrected chi connectivity index (χ3v) is 8.82. The van der Waals surface area contributed by atoms with Crippen LogP contribution in [0.25, 0.3) is 0 Å². The van der Waals surface area contributed by atoms with Gasteiger partial charge in [0.1, 0.15) is 0 Å². The highest BCUT2D eigenvalue weighted by atomic mass is 32.2. The quantitative estimate of drug-likeness (QED) is 0.548. The first-order valence-electron chi connectivity index (χ1n) is 10.8. The van der Waals surface area contributed by atoms with Gasteiger partial charge in [0.2, 0.25) is 10.0 Å². The van der Waals surface area contributed by atoms with Gasteiger partial charge in [0, 0.05) is 6.54 Å². The molecule has 0 aliphatic heterocycles. The highest BCUT2D eigenvalue weighted by Gasteiger charge is 2.65. The summed E-state index contributed by atoms with van der Waals surface area (Å²) in [5, 5.41) is 11.2. The lowest BCUT2D eigenvalue weighted by Crippen LogP contribution is -2.64. The minimum atomic E-state index is -3.16. The number of hydrogen-bond acceptors (Lipinski definition) is 3. The summed E-state index contributed by atoms with van der Waals surface area (Å²) in [6.45, 7) is 11.3. The van der Waals surface area contributed by atoms with Crippen molar-refractivity contribution in [2.75, 3.05) is 12.3 Å². The number of nitrogens with one attached hydrogen (secondary N) is 1. The number of aliphatic hydroxyl groups is 1. The zero-order valence-corrected chi connectivity index (χ0v) is 18.4. The van der Waals surface area contributed by atoms with Gasteiger partial charge in [-0.15, -0.1) is 0 Å². The highest BCUT2D eigenvalue weighted by molar-refractivity contribution is 7.89. The molecule has 0 aromatic heterocycles. The molecule has 26 heavy (non-hydrogen) atoms. The third kappa shape index (κ3) is 4.64. The van der Waals surface area contributed by atoms with Crippen LogP contribution in [-0.4, -0.2) is 31.4 Å². The summed E-state index contributed by atoms with van der Waals surface area (Å²) in [4.78, 5) is 0. The minimum absolute atomic E-state index is 0.147. The minimum Gasteiger partial charge on any atom is -0.390 e. The zero-order valence-electron chi connectivity index (χ0n) is 17.6. The van der Waals surface area contributed by atoms with Crippen molar-refractivity contribution >= 4 is 10.0 Å². The molecule has 2 N–H and O–H groups in total. The molecule has 3 saturated carbocycles. The van der Waals surface area contributed by atoms with Crippen LogP contribution in [0.2, 0.25) is 0 Å².